The van der Waals surface area contributed by atoms with Crippen molar-refractivity contribution in [2.24, 2.45) is 0 Å². The summed E-state index contributed by atoms with van der Waals surface area (Å²) in [6, 6.07) is 7.91. The fourth-order valence-corrected chi connectivity index (χ4v) is 4.86. The van der Waals surface area contributed by atoms with Crippen molar-refractivity contribution in [1.29, 1.82) is 0 Å². The fraction of sp³-hybridized carbons (Fsp3) is 0.280. The smallest absolute Gasteiger partial charge is 0.416 e. The highest BCUT2D eigenvalue weighted by atomic mass is 35.5. The number of dihydropyridines is 1. The minimum Gasteiger partial charge on any atom is -0.454 e. The first kappa shape index (κ1) is 23.3. The van der Waals surface area contributed by atoms with E-state index in [2.05, 4.69) is 10.6 Å². The summed E-state index contributed by atoms with van der Waals surface area (Å²) in [4.78, 5) is 26.6. The Balaban J connectivity index is 1.57. The van der Waals surface area contributed by atoms with Crippen LogP contribution in [0.2, 0.25) is 5.02 Å². The van der Waals surface area contributed by atoms with Gasteiger partial charge in [-0.2, -0.15) is 13.2 Å². The molecule has 2 N–H and O–H groups in total. The van der Waals surface area contributed by atoms with E-state index in [0.29, 0.717) is 47.6 Å². The molecule has 0 aromatic heterocycles. The zero-order chi connectivity index (χ0) is 24.9. The van der Waals surface area contributed by atoms with Gasteiger partial charge in [0.15, 0.2) is 17.3 Å². The van der Waals surface area contributed by atoms with Crippen LogP contribution in [0.1, 0.15) is 43.2 Å². The van der Waals surface area contributed by atoms with Gasteiger partial charge in [-0.15, -0.1) is 0 Å². The lowest BCUT2D eigenvalue weighted by Gasteiger charge is -2.34. The second-order valence-electron chi connectivity index (χ2n) is 8.52. The summed E-state index contributed by atoms with van der Waals surface area (Å²) in [5, 5.41) is 5.66. The van der Waals surface area contributed by atoms with Crippen LogP contribution in [0.3, 0.4) is 0 Å². The maximum atomic E-state index is 13.6. The molecule has 0 bridgehead atoms. The van der Waals surface area contributed by atoms with Gasteiger partial charge in [0.1, 0.15) is 0 Å². The van der Waals surface area contributed by atoms with Crippen molar-refractivity contribution in [3.05, 3.63) is 75.1 Å². The van der Waals surface area contributed by atoms with Gasteiger partial charge in [-0.05, 0) is 55.7 Å². The molecule has 5 rings (SSSR count). The zero-order valence-corrected chi connectivity index (χ0v) is 19.3. The lowest BCUT2D eigenvalue weighted by atomic mass is 9.75. The maximum Gasteiger partial charge on any atom is 0.416 e. The summed E-state index contributed by atoms with van der Waals surface area (Å²) >= 11 is 6.11. The highest BCUT2D eigenvalue weighted by Crippen LogP contribution is 2.45. The summed E-state index contributed by atoms with van der Waals surface area (Å²) in [5.41, 5.74) is 1.46. The molecule has 0 spiro atoms. The van der Waals surface area contributed by atoms with Crippen molar-refractivity contribution in [2.45, 2.75) is 38.3 Å². The number of benzene rings is 2. The molecule has 2 aromatic carbocycles. The second-order valence-corrected chi connectivity index (χ2v) is 8.93. The second kappa shape index (κ2) is 8.64. The van der Waals surface area contributed by atoms with Crippen LogP contribution in [0.15, 0.2) is 58.9 Å². The number of nitrogens with one attached hydrogen (secondary N) is 2. The minimum absolute atomic E-state index is 0.0401. The third-order valence-electron chi connectivity index (χ3n) is 6.29. The molecule has 0 saturated carbocycles. The molecule has 1 atom stereocenters. The van der Waals surface area contributed by atoms with E-state index in [9.17, 15) is 22.8 Å². The monoisotopic (exact) mass is 504 g/mol. The molecule has 1 amide bonds. The molecule has 10 heteroatoms. The van der Waals surface area contributed by atoms with Gasteiger partial charge in [-0.3, -0.25) is 9.59 Å². The van der Waals surface area contributed by atoms with Crippen LogP contribution in [0, 0.1) is 0 Å². The fourth-order valence-electron chi connectivity index (χ4n) is 4.70. The predicted octanol–water partition coefficient (Wildman–Crippen LogP) is 5.69. The molecular formula is C25H20ClF3N2O4. The van der Waals surface area contributed by atoms with Gasteiger partial charge in [0.2, 0.25) is 6.79 Å². The number of carbonyl (C=O) groups excluding carboxylic acids is 2. The molecule has 0 saturated heterocycles. The Labute approximate surface area is 203 Å². The Hall–Kier alpha value is -3.46. The van der Waals surface area contributed by atoms with Crippen molar-refractivity contribution in [2.75, 3.05) is 12.1 Å². The molecule has 0 unspecified atom stereocenters. The predicted molar refractivity (Wildman–Crippen MR) is 122 cm³/mol. The SMILES string of the molecule is CC1=C(C(=O)Nc2cc(C(F)(F)F)ccc2Cl)[C@H](c2ccc3c(c2)OCO3)C2=C(CCCC2=O)N1. The first-order valence-electron chi connectivity index (χ1n) is 10.9. The molecule has 3 aliphatic rings. The molecule has 0 fully saturated rings. The van der Waals surface area contributed by atoms with Crippen LogP contribution < -0.4 is 20.1 Å². The maximum absolute atomic E-state index is 13.6. The third kappa shape index (κ3) is 4.25. The minimum atomic E-state index is -4.60. The number of allylic oxidation sites excluding steroid dienone is 3. The summed E-state index contributed by atoms with van der Waals surface area (Å²) in [6.45, 7) is 1.76. The number of amides is 1. The van der Waals surface area contributed by atoms with Crippen molar-refractivity contribution in [3.63, 3.8) is 0 Å². The average molecular weight is 505 g/mol. The molecular weight excluding hydrogens is 485 g/mol. The largest absolute Gasteiger partial charge is 0.454 e. The Bertz CT molecular complexity index is 1320. The number of hydrogen-bond acceptors (Lipinski definition) is 5. The first-order chi connectivity index (χ1) is 16.6. The highest BCUT2D eigenvalue weighted by Gasteiger charge is 2.39. The van der Waals surface area contributed by atoms with Gasteiger partial charge in [0.05, 0.1) is 16.3 Å². The third-order valence-corrected chi connectivity index (χ3v) is 6.62. The van der Waals surface area contributed by atoms with Gasteiger partial charge in [0.25, 0.3) is 5.91 Å². The molecule has 2 heterocycles. The van der Waals surface area contributed by atoms with E-state index in [0.717, 1.165) is 23.9 Å². The molecule has 1 aliphatic carbocycles. The molecule has 2 aromatic rings. The molecule has 6 nitrogen and oxygen atoms in total. The van der Waals surface area contributed by atoms with Crippen molar-refractivity contribution < 1.29 is 32.2 Å². The number of fused-ring (bicyclic) bond motifs is 1. The van der Waals surface area contributed by atoms with Gasteiger partial charge < -0.3 is 20.1 Å². The lowest BCUT2D eigenvalue weighted by molar-refractivity contribution is -0.137. The molecule has 0 radical (unpaired) electrons. The average Bonchev–Trinajstić information content (AvgIpc) is 3.27. The summed E-state index contributed by atoms with van der Waals surface area (Å²) in [6.07, 6.45) is -2.93. The van der Waals surface area contributed by atoms with Gasteiger partial charge in [-0.25, -0.2) is 0 Å². The number of ether oxygens (including phenoxy) is 2. The van der Waals surface area contributed by atoms with Gasteiger partial charge >= 0.3 is 6.18 Å². The van der Waals surface area contributed by atoms with E-state index in [1.807, 2.05) is 0 Å². The normalized spacial score (nSPS) is 19.5. The van der Waals surface area contributed by atoms with E-state index in [1.165, 1.54) is 0 Å². The van der Waals surface area contributed by atoms with Crippen LogP contribution in [0.5, 0.6) is 11.5 Å². The van der Waals surface area contributed by atoms with E-state index < -0.39 is 23.6 Å². The number of ketones is 1. The topological polar surface area (TPSA) is 76.7 Å². The quantitative estimate of drug-likeness (QED) is 0.561. The van der Waals surface area contributed by atoms with E-state index >= 15 is 0 Å². The number of alkyl halides is 3. The first-order valence-corrected chi connectivity index (χ1v) is 11.3. The van der Waals surface area contributed by atoms with Crippen LogP contribution >= 0.6 is 11.6 Å². The van der Waals surface area contributed by atoms with E-state index in [1.54, 1.807) is 25.1 Å². The van der Waals surface area contributed by atoms with Crippen LogP contribution in [0.25, 0.3) is 0 Å². The van der Waals surface area contributed by atoms with Gasteiger partial charge in [-0.1, -0.05) is 17.7 Å². The number of rotatable bonds is 3. The van der Waals surface area contributed by atoms with Gasteiger partial charge in [0, 0.05) is 34.9 Å². The molecule has 2 aliphatic heterocycles. The lowest BCUT2D eigenvalue weighted by Crippen LogP contribution is -2.35. The van der Waals surface area contributed by atoms with Crippen LogP contribution in [-0.2, 0) is 15.8 Å². The number of halogens is 4. The summed E-state index contributed by atoms with van der Waals surface area (Å²) in [7, 11) is 0. The molecule has 35 heavy (non-hydrogen) atoms. The Morgan fingerprint density at radius 1 is 1.11 bits per heavy atom. The summed E-state index contributed by atoms with van der Waals surface area (Å²) in [5.74, 6) is -0.447. The Kier molecular flexibility index (Phi) is 5.75. The zero-order valence-electron chi connectivity index (χ0n) is 18.5. The molecule has 182 valence electrons. The number of anilines is 1. The van der Waals surface area contributed by atoms with E-state index in [4.69, 9.17) is 21.1 Å². The number of carbonyl (C=O) groups is 2. The number of Topliss-reactive ketones (excluding diaryl/α,β-unsaturated/α-hetero) is 1. The van der Waals surface area contributed by atoms with Crippen LogP contribution in [0.4, 0.5) is 18.9 Å². The van der Waals surface area contributed by atoms with Crippen molar-refractivity contribution >= 4 is 29.0 Å². The van der Waals surface area contributed by atoms with Crippen molar-refractivity contribution in [3.8, 4) is 11.5 Å². The van der Waals surface area contributed by atoms with Crippen molar-refractivity contribution in [1.82, 2.24) is 5.32 Å². The standard InChI is InChI=1S/C25H20ClF3N2O4/c1-12-21(24(33)31-17-10-14(25(27,28)29)6-7-15(17)26)22(23-16(30-12)3-2-4-18(23)32)13-5-8-19-20(9-13)35-11-34-19/h5-10,22,30H,2-4,11H2,1H3,(H,31,33)/t22-/m0/s1. The summed E-state index contributed by atoms with van der Waals surface area (Å²) < 4.78 is 50.6. The van der Waals surface area contributed by atoms with Crippen LogP contribution in [-0.4, -0.2) is 18.5 Å². The highest BCUT2D eigenvalue weighted by molar-refractivity contribution is 6.34. The Morgan fingerprint density at radius 2 is 1.89 bits per heavy atom. The Morgan fingerprint density at radius 3 is 2.66 bits per heavy atom. The van der Waals surface area contributed by atoms with E-state index in [-0.39, 0.29) is 28.9 Å². The number of hydrogen-bond donors (Lipinski definition) is 2.